The molecule has 0 radical (unpaired) electrons. The summed E-state index contributed by atoms with van der Waals surface area (Å²) in [4.78, 5) is 11.8. The van der Waals surface area contributed by atoms with E-state index in [4.69, 9.17) is 11.6 Å². The fourth-order valence-electron chi connectivity index (χ4n) is 1.90. The second-order valence-corrected chi connectivity index (χ2v) is 7.24. The minimum absolute atomic E-state index is 0.0730. The van der Waals surface area contributed by atoms with Gasteiger partial charge in [0.15, 0.2) is 0 Å². The molecule has 23 heavy (non-hydrogen) atoms. The van der Waals surface area contributed by atoms with Crippen molar-refractivity contribution in [3.8, 4) is 0 Å². The van der Waals surface area contributed by atoms with Crippen molar-refractivity contribution in [2.24, 2.45) is 0 Å². The highest BCUT2D eigenvalue weighted by molar-refractivity contribution is 7.89. The first-order chi connectivity index (χ1) is 11.0. The number of halogens is 1. The molecule has 5 nitrogen and oxygen atoms in total. The Morgan fingerprint density at radius 3 is 2.35 bits per heavy atom. The summed E-state index contributed by atoms with van der Waals surface area (Å²) < 4.78 is 26.1. The van der Waals surface area contributed by atoms with Gasteiger partial charge in [0, 0.05) is 0 Å². The van der Waals surface area contributed by atoms with Crippen molar-refractivity contribution in [1.29, 1.82) is 0 Å². The maximum Gasteiger partial charge on any atom is 0.239 e. The smallest absolute Gasteiger partial charge is 0.239 e. The molecule has 2 N–H and O–H groups in total. The molecule has 2 rings (SSSR count). The molecule has 0 aliphatic rings. The Morgan fingerprint density at radius 2 is 1.65 bits per heavy atom. The van der Waals surface area contributed by atoms with E-state index >= 15 is 0 Å². The maximum absolute atomic E-state index is 11.9. The third-order valence-electron chi connectivity index (χ3n) is 3.10. The van der Waals surface area contributed by atoms with Gasteiger partial charge in [-0.05, 0) is 24.1 Å². The van der Waals surface area contributed by atoms with Crippen LogP contribution in [0, 0.1) is 0 Å². The molecule has 0 spiro atoms. The summed E-state index contributed by atoms with van der Waals surface area (Å²) in [6.45, 7) is -0.331. The average molecular weight is 353 g/mol. The molecule has 2 aromatic carbocycles. The number of carbonyl (C=O) groups is 1. The lowest BCUT2D eigenvalue weighted by Gasteiger charge is -2.09. The van der Waals surface area contributed by atoms with Crippen molar-refractivity contribution in [2.75, 3.05) is 17.6 Å². The number of hydrogen-bond donors (Lipinski definition) is 2. The highest BCUT2D eigenvalue weighted by Gasteiger charge is 2.13. The number of amides is 1. The van der Waals surface area contributed by atoms with Gasteiger partial charge in [0.1, 0.15) is 0 Å². The van der Waals surface area contributed by atoms with Crippen LogP contribution < -0.4 is 10.0 Å². The first kappa shape index (κ1) is 17.5. The van der Waals surface area contributed by atoms with Gasteiger partial charge in [0.05, 0.1) is 23.0 Å². The zero-order chi connectivity index (χ0) is 16.7. The van der Waals surface area contributed by atoms with E-state index < -0.39 is 15.9 Å². The van der Waals surface area contributed by atoms with E-state index in [1.54, 1.807) is 24.3 Å². The van der Waals surface area contributed by atoms with E-state index in [9.17, 15) is 13.2 Å². The Balaban J connectivity index is 1.82. The van der Waals surface area contributed by atoms with Gasteiger partial charge < -0.3 is 5.32 Å². The van der Waals surface area contributed by atoms with Gasteiger partial charge in [-0.1, -0.05) is 54.1 Å². The van der Waals surface area contributed by atoms with Crippen LogP contribution in [0.25, 0.3) is 0 Å². The maximum atomic E-state index is 11.9. The van der Waals surface area contributed by atoms with Crippen LogP contribution in [-0.2, 0) is 21.2 Å². The standard InChI is InChI=1S/C16H17ClN2O3S/c17-14-8-4-5-9-15(14)19-16(20)12-18-23(21,22)11-10-13-6-2-1-3-7-13/h1-9,18H,10-12H2,(H,19,20). The normalized spacial score (nSPS) is 11.2. The monoisotopic (exact) mass is 352 g/mol. The number of carbonyl (C=O) groups excluding carboxylic acids is 1. The number of sulfonamides is 1. The molecule has 0 bridgehead atoms. The lowest BCUT2D eigenvalue weighted by Crippen LogP contribution is -2.34. The minimum atomic E-state index is -3.52. The largest absolute Gasteiger partial charge is 0.324 e. The molecule has 122 valence electrons. The molecule has 0 aliphatic heterocycles. The summed E-state index contributed by atoms with van der Waals surface area (Å²) in [6.07, 6.45) is 0.391. The summed E-state index contributed by atoms with van der Waals surface area (Å²) in [5.41, 5.74) is 1.38. The van der Waals surface area contributed by atoms with E-state index in [-0.39, 0.29) is 12.3 Å². The van der Waals surface area contributed by atoms with E-state index in [1.165, 1.54) is 0 Å². The molecule has 0 saturated carbocycles. The van der Waals surface area contributed by atoms with Crippen molar-refractivity contribution in [3.63, 3.8) is 0 Å². The van der Waals surface area contributed by atoms with Crippen molar-refractivity contribution in [2.45, 2.75) is 6.42 Å². The summed E-state index contributed by atoms with van der Waals surface area (Å²) in [5, 5.41) is 2.95. The van der Waals surface area contributed by atoms with Crippen LogP contribution in [0.5, 0.6) is 0 Å². The quantitative estimate of drug-likeness (QED) is 0.803. The molecular formula is C16H17ClN2O3S. The number of para-hydroxylation sites is 1. The Kier molecular flexibility index (Phi) is 6.15. The molecule has 1 amide bonds. The first-order valence-corrected chi connectivity index (χ1v) is 9.05. The van der Waals surface area contributed by atoms with Gasteiger partial charge in [-0.3, -0.25) is 4.79 Å². The number of anilines is 1. The fourth-order valence-corrected chi connectivity index (χ4v) is 3.08. The van der Waals surface area contributed by atoms with E-state index in [2.05, 4.69) is 10.0 Å². The molecule has 0 aromatic heterocycles. The molecule has 0 atom stereocenters. The summed E-state index contributed by atoms with van der Waals surface area (Å²) in [5.74, 6) is -0.544. The molecular weight excluding hydrogens is 336 g/mol. The Bertz CT molecular complexity index is 764. The molecule has 0 unspecified atom stereocenters. The predicted molar refractivity (Wildman–Crippen MR) is 92.0 cm³/mol. The zero-order valence-electron chi connectivity index (χ0n) is 12.3. The van der Waals surface area contributed by atoms with Crippen LogP contribution in [-0.4, -0.2) is 26.6 Å². The molecule has 0 saturated heterocycles. The van der Waals surface area contributed by atoms with Gasteiger partial charge in [-0.25, -0.2) is 13.1 Å². The number of benzene rings is 2. The molecule has 7 heteroatoms. The van der Waals surface area contributed by atoms with Gasteiger partial charge in [0.25, 0.3) is 0 Å². The second-order valence-electron chi connectivity index (χ2n) is 4.90. The van der Waals surface area contributed by atoms with E-state index in [1.807, 2.05) is 30.3 Å². The Labute approximate surface area is 140 Å². The zero-order valence-corrected chi connectivity index (χ0v) is 13.9. The lowest BCUT2D eigenvalue weighted by atomic mass is 10.2. The molecule has 0 fully saturated rings. The lowest BCUT2D eigenvalue weighted by molar-refractivity contribution is -0.115. The van der Waals surface area contributed by atoms with Crippen LogP contribution in [0.2, 0.25) is 5.02 Å². The van der Waals surface area contributed by atoms with Crippen LogP contribution in [0.15, 0.2) is 54.6 Å². The summed E-state index contributed by atoms with van der Waals surface area (Å²) in [6, 6.07) is 16.1. The van der Waals surface area contributed by atoms with Crippen LogP contribution >= 0.6 is 11.6 Å². The summed E-state index contributed by atoms with van der Waals surface area (Å²) >= 11 is 5.92. The van der Waals surface area contributed by atoms with Gasteiger partial charge in [-0.15, -0.1) is 0 Å². The number of rotatable bonds is 7. The van der Waals surface area contributed by atoms with Crippen molar-refractivity contribution in [3.05, 3.63) is 65.2 Å². The molecule has 0 heterocycles. The van der Waals surface area contributed by atoms with Crippen molar-refractivity contribution in [1.82, 2.24) is 4.72 Å². The Hall–Kier alpha value is -1.89. The van der Waals surface area contributed by atoms with E-state index in [0.29, 0.717) is 17.1 Å². The third-order valence-corrected chi connectivity index (χ3v) is 4.76. The van der Waals surface area contributed by atoms with Crippen LogP contribution in [0.1, 0.15) is 5.56 Å². The number of aryl methyl sites for hydroxylation is 1. The Morgan fingerprint density at radius 1 is 1.00 bits per heavy atom. The molecule has 2 aromatic rings. The fraction of sp³-hybridized carbons (Fsp3) is 0.188. The van der Waals surface area contributed by atoms with Crippen molar-refractivity contribution < 1.29 is 13.2 Å². The van der Waals surface area contributed by atoms with Gasteiger partial charge in [-0.2, -0.15) is 0 Å². The van der Waals surface area contributed by atoms with Crippen LogP contribution in [0.4, 0.5) is 5.69 Å². The highest BCUT2D eigenvalue weighted by Crippen LogP contribution is 2.19. The highest BCUT2D eigenvalue weighted by atomic mass is 35.5. The van der Waals surface area contributed by atoms with Crippen molar-refractivity contribution >= 4 is 33.2 Å². The number of nitrogens with one attached hydrogen (secondary N) is 2. The molecule has 0 aliphatic carbocycles. The summed E-state index contributed by atoms with van der Waals surface area (Å²) in [7, 11) is -3.52. The van der Waals surface area contributed by atoms with Crippen LogP contribution in [0.3, 0.4) is 0 Å². The second kappa shape index (κ2) is 8.10. The van der Waals surface area contributed by atoms with Gasteiger partial charge >= 0.3 is 0 Å². The SMILES string of the molecule is O=C(CNS(=O)(=O)CCc1ccccc1)Nc1ccccc1Cl. The topological polar surface area (TPSA) is 75.3 Å². The van der Waals surface area contributed by atoms with Gasteiger partial charge in [0.2, 0.25) is 15.9 Å². The first-order valence-electron chi connectivity index (χ1n) is 7.02. The third kappa shape index (κ3) is 6.02. The minimum Gasteiger partial charge on any atom is -0.324 e. The average Bonchev–Trinajstić information content (AvgIpc) is 2.55. The predicted octanol–water partition coefficient (Wildman–Crippen LogP) is 2.44. The van der Waals surface area contributed by atoms with E-state index in [0.717, 1.165) is 5.56 Å². The number of hydrogen-bond acceptors (Lipinski definition) is 3.